The molecule has 0 heterocycles. The van der Waals surface area contributed by atoms with Crippen molar-refractivity contribution in [3.8, 4) is 0 Å². The second kappa shape index (κ2) is 68.9. The Kier molecular flexibility index (Phi) is 66.6. The first-order chi connectivity index (χ1) is 39.5. The van der Waals surface area contributed by atoms with Crippen LogP contribution in [-0.4, -0.2) is 37.2 Å². The van der Waals surface area contributed by atoms with Gasteiger partial charge in [0.25, 0.3) is 0 Å². The summed E-state index contributed by atoms with van der Waals surface area (Å²) in [5.41, 5.74) is 0. The molecule has 0 amide bonds. The average molecular weight is 1120 g/mol. The minimum absolute atomic E-state index is 0.0674. The highest BCUT2D eigenvalue weighted by atomic mass is 16.6. The van der Waals surface area contributed by atoms with Crippen molar-refractivity contribution in [2.45, 2.75) is 393 Å². The molecular weight excluding hydrogens is 985 g/mol. The number of carbonyl (C=O) groups is 3. The quantitative estimate of drug-likeness (QED) is 0.0261. The van der Waals surface area contributed by atoms with Crippen LogP contribution in [0.2, 0.25) is 0 Å². The van der Waals surface area contributed by atoms with Crippen molar-refractivity contribution < 1.29 is 28.6 Å². The summed E-state index contributed by atoms with van der Waals surface area (Å²) in [5.74, 6) is -0.850. The van der Waals surface area contributed by atoms with Gasteiger partial charge in [0.05, 0.1) is 0 Å². The second-order valence-electron chi connectivity index (χ2n) is 24.1. The largest absolute Gasteiger partial charge is 0.462 e. The molecule has 0 saturated heterocycles. The summed E-state index contributed by atoms with van der Waals surface area (Å²) in [6.45, 7) is 6.55. The predicted molar refractivity (Wildman–Crippen MR) is 349 cm³/mol. The fourth-order valence-electron chi connectivity index (χ4n) is 10.8. The van der Waals surface area contributed by atoms with Crippen molar-refractivity contribution in [2.75, 3.05) is 13.2 Å². The number of unbranched alkanes of at least 4 members (excludes halogenated alkanes) is 47. The summed E-state index contributed by atoms with van der Waals surface area (Å²) >= 11 is 0. The van der Waals surface area contributed by atoms with Gasteiger partial charge in [-0.3, -0.25) is 14.4 Å². The van der Waals surface area contributed by atoms with Crippen LogP contribution in [0.15, 0.2) is 48.6 Å². The molecule has 0 radical (unpaired) electrons. The van der Waals surface area contributed by atoms with Crippen molar-refractivity contribution in [3.63, 3.8) is 0 Å². The van der Waals surface area contributed by atoms with Crippen LogP contribution in [0.5, 0.6) is 0 Å². The van der Waals surface area contributed by atoms with Gasteiger partial charge in [0.1, 0.15) is 13.2 Å². The number of rotatable bonds is 66. The number of esters is 3. The van der Waals surface area contributed by atoms with Gasteiger partial charge in [0.2, 0.25) is 0 Å². The molecule has 0 aliphatic carbocycles. The van der Waals surface area contributed by atoms with E-state index in [1.54, 1.807) is 0 Å². The number of carbonyl (C=O) groups excluding carboxylic acids is 3. The van der Waals surface area contributed by atoms with E-state index in [1.807, 2.05) is 0 Å². The lowest BCUT2D eigenvalue weighted by Crippen LogP contribution is -2.30. The maximum absolute atomic E-state index is 12.9. The SMILES string of the molecule is CC/C=C\C/C=C\C/C=C\C/C=C\CCCCCCCCCCCCCCCCC(=O)OC(COC(=O)CCCCCCCCC)COC(=O)CCCCCCCCCCCCCCCCCCCCCCCCCCCCCC. The monoisotopic (exact) mass is 1120 g/mol. The molecule has 1 unspecified atom stereocenters. The summed E-state index contributed by atoms with van der Waals surface area (Å²) in [5, 5.41) is 0. The van der Waals surface area contributed by atoms with Gasteiger partial charge in [-0.05, 0) is 57.8 Å². The van der Waals surface area contributed by atoms with Crippen molar-refractivity contribution in [1.29, 1.82) is 0 Å². The predicted octanol–water partition coefficient (Wildman–Crippen LogP) is 24.5. The highest BCUT2D eigenvalue weighted by Gasteiger charge is 2.19. The van der Waals surface area contributed by atoms with E-state index >= 15 is 0 Å². The Morgan fingerprint density at radius 1 is 0.263 bits per heavy atom. The van der Waals surface area contributed by atoms with Gasteiger partial charge in [0.15, 0.2) is 6.10 Å². The number of ether oxygens (including phenoxy) is 3. The van der Waals surface area contributed by atoms with Crippen LogP contribution in [0.1, 0.15) is 387 Å². The lowest BCUT2D eigenvalue weighted by atomic mass is 10.0. The number of allylic oxidation sites excluding steroid dienone is 8. The van der Waals surface area contributed by atoms with Gasteiger partial charge in [-0.1, -0.05) is 358 Å². The molecule has 1 atom stereocenters. The van der Waals surface area contributed by atoms with E-state index in [-0.39, 0.29) is 31.1 Å². The van der Waals surface area contributed by atoms with E-state index in [0.29, 0.717) is 19.3 Å². The summed E-state index contributed by atoms with van der Waals surface area (Å²) in [4.78, 5) is 38.2. The molecule has 0 aromatic carbocycles. The molecule has 0 aliphatic rings. The van der Waals surface area contributed by atoms with Gasteiger partial charge in [0, 0.05) is 19.3 Å². The lowest BCUT2D eigenvalue weighted by molar-refractivity contribution is -0.167. The van der Waals surface area contributed by atoms with Crippen LogP contribution < -0.4 is 0 Å². The topological polar surface area (TPSA) is 78.9 Å². The molecule has 0 saturated carbocycles. The van der Waals surface area contributed by atoms with Gasteiger partial charge in [-0.2, -0.15) is 0 Å². The molecule has 6 nitrogen and oxygen atoms in total. The van der Waals surface area contributed by atoms with Gasteiger partial charge < -0.3 is 14.2 Å². The molecule has 0 aromatic rings. The van der Waals surface area contributed by atoms with Crippen molar-refractivity contribution in [2.24, 2.45) is 0 Å². The van der Waals surface area contributed by atoms with Crippen LogP contribution in [0.25, 0.3) is 0 Å². The fraction of sp³-hybridized carbons (Fsp3) is 0.851. The van der Waals surface area contributed by atoms with E-state index in [0.717, 1.165) is 83.5 Å². The summed E-state index contributed by atoms with van der Waals surface area (Å²) in [6.07, 6.45) is 87.5. The molecule has 0 aliphatic heterocycles. The normalized spacial score (nSPS) is 12.3. The van der Waals surface area contributed by atoms with Crippen LogP contribution in [0.4, 0.5) is 0 Å². The molecule has 80 heavy (non-hydrogen) atoms. The third kappa shape index (κ3) is 66.2. The van der Waals surface area contributed by atoms with E-state index in [1.165, 1.54) is 263 Å². The molecular formula is C74H136O6. The smallest absolute Gasteiger partial charge is 0.306 e. The highest BCUT2D eigenvalue weighted by Crippen LogP contribution is 2.19. The third-order valence-electron chi connectivity index (χ3n) is 16.1. The minimum atomic E-state index is -0.769. The first kappa shape index (κ1) is 77.4. The molecule has 0 aromatic heterocycles. The van der Waals surface area contributed by atoms with Crippen molar-refractivity contribution >= 4 is 17.9 Å². The lowest BCUT2D eigenvalue weighted by Gasteiger charge is -2.18. The van der Waals surface area contributed by atoms with E-state index in [4.69, 9.17) is 14.2 Å². The first-order valence-electron chi connectivity index (χ1n) is 35.6. The Morgan fingerprint density at radius 2 is 0.487 bits per heavy atom. The van der Waals surface area contributed by atoms with Crippen LogP contribution >= 0.6 is 0 Å². The molecule has 6 heteroatoms. The van der Waals surface area contributed by atoms with Crippen molar-refractivity contribution in [1.82, 2.24) is 0 Å². The number of hydrogen-bond donors (Lipinski definition) is 0. The average Bonchev–Trinajstić information content (AvgIpc) is 3.46. The standard InChI is InChI=1S/C74H136O6/c1-4-7-10-13-16-18-20-22-24-26-28-30-32-34-36-38-39-41-43-45-47-49-51-53-55-58-61-64-67-73(76)79-70-71(69-78-72(75)66-63-60-57-15-12-9-6-3)80-74(77)68-65-62-59-56-54-52-50-48-46-44-42-40-37-35-33-31-29-27-25-23-21-19-17-14-11-8-5-2/h8,11,17,19,23,25,29,31,71H,4-7,9-10,12-16,18,20-22,24,26-28,30,32-70H2,1-3H3/b11-8-,19-17-,25-23-,31-29-. The van der Waals surface area contributed by atoms with Gasteiger partial charge in [-0.15, -0.1) is 0 Å². The molecule has 0 fully saturated rings. The Bertz CT molecular complexity index is 1380. The molecule has 0 bridgehead atoms. The highest BCUT2D eigenvalue weighted by molar-refractivity contribution is 5.71. The maximum atomic E-state index is 12.9. The van der Waals surface area contributed by atoms with E-state index in [2.05, 4.69) is 69.4 Å². The van der Waals surface area contributed by atoms with E-state index in [9.17, 15) is 14.4 Å². The van der Waals surface area contributed by atoms with Crippen LogP contribution in [-0.2, 0) is 28.6 Å². The summed E-state index contributed by atoms with van der Waals surface area (Å²) in [7, 11) is 0. The van der Waals surface area contributed by atoms with Crippen LogP contribution in [0, 0.1) is 0 Å². The summed E-state index contributed by atoms with van der Waals surface area (Å²) in [6, 6.07) is 0. The molecule has 468 valence electrons. The number of hydrogen-bond acceptors (Lipinski definition) is 6. The fourth-order valence-corrected chi connectivity index (χ4v) is 10.8. The van der Waals surface area contributed by atoms with Crippen molar-refractivity contribution in [3.05, 3.63) is 48.6 Å². The summed E-state index contributed by atoms with van der Waals surface area (Å²) < 4.78 is 16.9. The molecule has 0 N–H and O–H groups in total. The Morgan fingerprint density at radius 3 is 0.762 bits per heavy atom. The molecule has 0 rings (SSSR count). The Balaban J connectivity index is 4.02. The Labute approximate surface area is 498 Å². The maximum Gasteiger partial charge on any atom is 0.306 e. The minimum Gasteiger partial charge on any atom is -0.462 e. The third-order valence-corrected chi connectivity index (χ3v) is 16.1. The van der Waals surface area contributed by atoms with E-state index < -0.39 is 6.10 Å². The van der Waals surface area contributed by atoms with Gasteiger partial charge in [-0.25, -0.2) is 0 Å². The first-order valence-corrected chi connectivity index (χ1v) is 35.6. The van der Waals surface area contributed by atoms with Crippen LogP contribution in [0.3, 0.4) is 0 Å². The van der Waals surface area contributed by atoms with Gasteiger partial charge >= 0.3 is 17.9 Å². The molecule has 0 spiro atoms. The zero-order valence-electron chi connectivity index (χ0n) is 53.9. The second-order valence-corrected chi connectivity index (χ2v) is 24.1. The zero-order valence-corrected chi connectivity index (χ0v) is 53.9. The Hall–Kier alpha value is -2.63. The zero-order chi connectivity index (χ0) is 57.8.